The largest absolute Gasteiger partial charge is 0.486 e. The second-order valence-corrected chi connectivity index (χ2v) is 5.62. The van der Waals surface area contributed by atoms with Crippen LogP contribution in [0.25, 0.3) is 0 Å². The standard InChI is InChI=1S/C18H16N4O3/c23-18(15-5-3-4-8-19-15)21-13-9-20-22(10-13)11-14-12-24-16-6-1-2-7-17(16)25-14/h1-10,14H,11-12H2,(H,21,23)/t14-/m0/s1. The van der Waals surface area contributed by atoms with Gasteiger partial charge in [-0.1, -0.05) is 18.2 Å². The fraction of sp³-hybridized carbons (Fsp3) is 0.167. The Kier molecular flexibility index (Phi) is 4.04. The fourth-order valence-corrected chi connectivity index (χ4v) is 2.58. The summed E-state index contributed by atoms with van der Waals surface area (Å²) < 4.78 is 13.3. The van der Waals surface area contributed by atoms with E-state index in [-0.39, 0.29) is 12.0 Å². The Labute approximate surface area is 144 Å². The predicted molar refractivity (Wildman–Crippen MR) is 90.8 cm³/mol. The van der Waals surface area contributed by atoms with Gasteiger partial charge >= 0.3 is 0 Å². The number of fused-ring (bicyclic) bond motifs is 1. The third kappa shape index (κ3) is 3.45. The van der Waals surface area contributed by atoms with Gasteiger partial charge in [0.25, 0.3) is 5.91 Å². The molecule has 25 heavy (non-hydrogen) atoms. The number of benzene rings is 1. The minimum atomic E-state index is -0.272. The lowest BCUT2D eigenvalue weighted by molar-refractivity contribution is 0.0759. The molecule has 1 amide bonds. The van der Waals surface area contributed by atoms with Gasteiger partial charge in [0, 0.05) is 12.4 Å². The van der Waals surface area contributed by atoms with Crippen LogP contribution in [0.3, 0.4) is 0 Å². The zero-order chi connectivity index (χ0) is 17.1. The van der Waals surface area contributed by atoms with Crippen LogP contribution in [-0.4, -0.2) is 33.4 Å². The number of carbonyl (C=O) groups excluding carboxylic acids is 1. The van der Waals surface area contributed by atoms with E-state index >= 15 is 0 Å². The van der Waals surface area contributed by atoms with E-state index in [4.69, 9.17) is 9.47 Å². The Morgan fingerprint density at radius 2 is 2.04 bits per heavy atom. The number of nitrogens with zero attached hydrogens (tertiary/aromatic N) is 3. The average Bonchev–Trinajstić information content (AvgIpc) is 3.09. The molecule has 0 saturated heterocycles. The van der Waals surface area contributed by atoms with Crippen molar-refractivity contribution >= 4 is 11.6 Å². The first kappa shape index (κ1) is 15.2. The summed E-state index contributed by atoms with van der Waals surface area (Å²) in [5.41, 5.74) is 0.962. The third-order valence-corrected chi connectivity index (χ3v) is 3.75. The maximum absolute atomic E-state index is 12.1. The van der Waals surface area contributed by atoms with Gasteiger partial charge in [0.15, 0.2) is 17.6 Å². The van der Waals surface area contributed by atoms with E-state index in [1.165, 1.54) is 0 Å². The summed E-state index contributed by atoms with van der Waals surface area (Å²) >= 11 is 0. The number of carbonyl (C=O) groups is 1. The Balaban J connectivity index is 1.38. The molecule has 0 saturated carbocycles. The number of hydrogen-bond acceptors (Lipinski definition) is 5. The van der Waals surface area contributed by atoms with Crippen LogP contribution in [0.5, 0.6) is 11.5 Å². The predicted octanol–water partition coefficient (Wildman–Crippen LogP) is 2.37. The quantitative estimate of drug-likeness (QED) is 0.791. The number of para-hydroxylation sites is 2. The minimum absolute atomic E-state index is 0.144. The van der Waals surface area contributed by atoms with Crippen molar-refractivity contribution < 1.29 is 14.3 Å². The van der Waals surface area contributed by atoms with E-state index in [0.29, 0.717) is 24.5 Å². The van der Waals surface area contributed by atoms with Crippen molar-refractivity contribution in [3.05, 3.63) is 66.7 Å². The van der Waals surface area contributed by atoms with E-state index in [2.05, 4.69) is 15.4 Å². The highest BCUT2D eigenvalue weighted by Crippen LogP contribution is 2.31. The molecule has 0 radical (unpaired) electrons. The second kappa shape index (κ2) is 6.64. The van der Waals surface area contributed by atoms with Gasteiger partial charge in [-0.2, -0.15) is 5.10 Å². The molecule has 0 spiro atoms. The Bertz CT molecular complexity index is 879. The highest BCUT2D eigenvalue weighted by Gasteiger charge is 2.21. The first-order valence-corrected chi connectivity index (χ1v) is 7.91. The third-order valence-electron chi connectivity index (χ3n) is 3.75. The first-order chi connectivity index (χ1) is 12.3. The summed E-state index contributed by atoms with van der Waals surface area (Å²) in [5, 5.41) is 7.03. The molecule has 126 valence electrons. The van der Waals surface area contributed by atoms with Gasteiger partial charge in [-0.05, 0) is 24.3 Å². The van der Waals surface area contributed by atoms with Crippen LogP contribution in [0.15, 0.2) is 61.1 Å². The van der Waals surface area contributed by atoms with Gasteiger partial charge in [-0.3, -0.25) is 14.5 Å². The molecule has 3 aromatic rings. The maximum atomic E-state index is 12.1. The summed E-state index contributed by atoms with van der Waals surface area (Å²) in [6.07, 6.45) is 4.79. The Morgan fingerprint density at radius 1 is 1.20 bits per heavy atom. The molecule has 1 aliphatic heterocycles. The summed E-state index contributed by atoms with van der Waals surface area (Å²) in [6, 6.07) is 12.8. The summed E-state index contributed by atoms with van der Waals surface area (Å²) in [5.74, 6) is 1.21. The number of aromatic nitrogens is 3. The molecule has 2 aromatic heterocycles. The first-order valence-electron chi connectivity index (χ1n) is 7.91. The number of ether oxygens (including phenoxy) is 2. The normalized spacial score (nSPS) is 15.6. The van der Waals surface area contributed by atoms with Crippen molar-refractivity contribution in [1.82, 2.24) is 14.8 Å². The smallest absolute Gasteiger partial charge is 0.274 e. The van der Waals surface area contributed by atoms with E-state index in [9.17, 15) is 4.79 Å². The van der Waals surface area contributed by atoms with Crippen LogP contribution in [-0.2, 0) is 6.54 Å². The molecule has 7 heteroatoms. The summed E-state index contributed by atoms with van der Waals surface area (Å²) in [4.78, 5) is 16.1. The van der Waals surface area contributed by atoms with Crippen molar-refractivity contribution in [2.45, 2.75) is 12.6 Å². The highest BCUT2D eigenvalue weighted by atomic mass is 16.6. The van der Waals surface area contributed by atoms with Gasteiger partial charge < -0.3 is 14.8 Å². The van der Waals surface area contributed by atoms with Gasteiger partial charge in [-0.25, -0.2) is 0 Å². The van der Waals surface area contributed by atoms with Crippen molar-refractivity contribution in [3.8, 4) is 11.5 Å². The lowest BCUT2D eigenvalue weighted by Gasteiger charge is -2.26. The zero-order valence-electron chi connectivity index (χ0n) is 13.3. The summed E-state index contributed by atoms with van der Waals surface area (Å²) in [6.45, 7) is 0.973. The number of pyridine rings is 1. The molecule has 0 bridgehead atoms. The minimum Gasteiger partial charge on any atom is -0.486 e. The maximum Gasteiger partial charge on any atom is 0.274 e. The SMILES string of the molecule is O=C(Nc1cnn(C[C@H]2COc3ccccc3O2)c1)c1ccccn1. The molecule has 1 N–H and O–H groups in total. The molecule has 3 heterocycles. The number of nitrogens with one attached hydrogen (secondary N) is 1. The molecular formula is C18H16N4O3. The van der Waals surface area contributed by atoms with E-state index in [1.54, 1.807) is 41.5 Å². The molecule has 4 rings (SSSR count). The molecule has 1 aliphatic rings. The van der Waals surface area contributed by atoms with E-state index < -0.39 is 0 Å². The second-order valence-electron chi connectivity index (χ2n) is 5.62. The monoisotopic (exact) mass is 336 g/mol. The van der Waals surface area contributed by atoms with Crippen LogP contribution in [0.1, 0.15) is 10.5 Å². The number of amides is 1. The molecule has 1 aromatic carbocycles. The molecule has 0 fully saturated rings. The van der Waals surface area contributed by atoms with Crippen LogP contribution >= 0.6 is 0 Å². The lowest BCUT2D eigenvalue weighted by Crippen LogP contribution is -2.33. The molecule has 0 aliphatic carbocycles. The molecular weight excluding hydrogens is 320 g/mol. The Hall–Kier alpha value is -3.35. The van der Waals surface area contributed by atoms with E-state index in [1.807, 2.05) is 24.3 Å². The summed E-state index contributed by atoms with van der Waals surface area (Å²) in [7, 11) is 0. The number of rotatable bonds is 4. The van der Waals surface area contributed by atoms with Gasteiger partial charge in [0.2, 0.25) is 0 Å². The molecule has 7 nitrogen and oxygen atoms in total. The van der Waals surface area contributed by atoms with Crippen LogP contribution in [0.2, 0.25) is 0 Å². The van der Waals surface area contributed by atoms with Gasteiger partial charge in [0.05, 0.1) is 18.4 Å². The van der Waals surface area contributed by atoms with Crippen LogP contribution in [0.4, 0.5) is 5.69 Å². The Morgan fingerprint density at radius 3 is 2.88 bits per heavy atom. The van der Waals surface area contributed by atoms with Crippen molar-refractivity contribution in [3.63, 3.8) is 0 Å². The lowest BCUT2D eigenvalue weighted by atomic mass is 10.2. The van der Waals surface area contributed by atoms with E-state index in [0.717, 1.165) is 11.5 Å². The van der Waals surface area contributed by atoms with Gasteiger partial charge in [-0.15, -0.1) is 0 Å². The number of hydrogen-bond donors (Lipinski definition) is 1. The zero-order valence-corrected chi connectivity index (χ0v) is 13.3. The molecule has 1 atom stereocenters. The molecule has 0 unspecified atom stereocenters. The van der Waals surface area contributed by atoms with Crippen molar-refractivity contribution in [2.75, 3.05) is 11.9 Å². The topological polar surface area (TPSA) is 78.3 Å². The van der Waals surface area contributed by atoms with Crippen LogP contribution < -0.4 is 14.8 Å². The average molecular weight is 336 g/mol. The van der Waals surface area contributed by atoms with Crippen molar-refractivity contribution in [1.29, 1.82) is 0 Å². The van der Waals surface area contributed by atoms with Gasteiger partial charge in [0.1, 0.15) is 12.3 Å². The van der Waals surface area contributed by atoms with Crippen LogP contribution in [0, 0.1) is 0 Å². The van der Waals surface area contributed by atoms with Crippen molar-refractivity contribution in [2.24, 2.45) is 0 Å². The highest BCUT2D eigenvalue weighted by molar-refractivity contribution is 6.02. The number of anilines is 1. The fourth-order valence-electron chi connectivity index (χ4n) is 2.58.